The molecular weight excluding hydrogens is 580 g/mol. The van der Waals surface area contributed by atoms with E-state index in [2.05, 4.69) is 49.8 Å². The third-order valence-corrected chi connectivity index (χ3v) is 10.7. The number of hydrogen-bond donors (Lipinski definition) is 2. The summed E-state index contributed by atoms with van der Waals surface area (Å²) in [6.45, 7) is 5.66. The fraction of sp³-hybridized carbons (Fsp3) is 0.500. The minimum absolute atomic E-state index is 0.00258. The minimum Gasteiger partial charge on any atom is -0.497 e. The van der Waals surface area contributed by atoms with Crippen LogP contribution in [-0.4, -0.2) is 78.3 Å². The number of benzene rings is 2. The number of carbonyl (C=O) groups excluding carboxylic acids is 3. The molecule has 2 N–H and O–H groups in total. The van der Waals surface area contributed by atoms with Crippen LogP contribution in [0.25, 0.3) is 11.3 Å². The number of methoxy groups -OCH3 is 1. The molecule has 4 heterocycles. The Morgan fingerprint density at radius 3 is 2.48 bits per heavy atom. The van der Waals surface area contributed by atoms with Crippen molar-refractivity contribution in [2.45, 2.75) is 63.5 Å². The van der Waals surface area contributed by atoms with E-state index in [1.807, 2.05) is 30.5 Å². The van der Waals surface area contributed by atoms with Crippen LogP contribution >= 0.6 is 0 Å². The predicted molar refractivity (Wildman–Crippen MR) is 176 cm³/mol. The third kappa shape index (κ3) is 6.54. The first-order chi connectivity index (χ1) is 22.4. The predicted octanol–water partition coefficient (Wildman–Crippen LogP) is 4.43. The van der Waals surface area contributed by atoms with Crippen molar-refractivity contribution in [1.29, 1.82) is 0 Å². The Balaban J connectivity index is 0.831. The van der Waals surface area contributed by atoms with Gasteiger partial charge in [-0.15, -0.1) is 0 Å². The average molecular weight is 625 g/mol. The molecule has 1 aromatic heterocycles. The van der Waals surface area contributed by atoms with Crippen LogP contribution in [0.1, 0.15) is 67.8 Å². The van der Waals surface area contributed by atoms with Crippen LogP contribution in [0.5, 0.6) is 5.75 Å². The van der Waals surface area contributed by atoms with Gasteiger partial charge in [0, 0.05) is 55.1 Å². The van der Waals surface area contributed by atoms with Gasteiger partial charge in [0.1, 0.15) is 11.8 Å². The van der Waals surface area contributed by atoms with Crippen LogP contribution in [0, 0.1) is 11.3 Å². The van der Waals surface area contributed by atoms with E-state index in [1.165, 1.54) is 37.9 Å². The van der Waals surface area contributed by atoms with Crippen molar-refractivity contribution in [1.82, 2.24) is 25.3 Å². The minimum atomic E-state index is -0.436. The molecule has 2 aromatic carbocycles. The molecule has 4 fully saturated rings. The lowest BCUT2D eigenvalue weighted by atomic mass is 9.60. The van der Waals surface area contributed by atoms with Crippen LogP contribution in [-0.2, 0) is 9.59 Å². The molecule has 10 heteroatoms. The zero-order valence-corrected chi connectivity index (χ0v) is 26.6. The molecule has 1 atom stereocenters. The molecule has 3 aliphatic heterocycles. The van der Waals surface area contributed by atoms with E-state index in [-0.39, 0.29) is 23.8 Å². The first-order valence-corrected chi connectivity index (χ1v) is 16.8. The van der Waals surface area contributed by atoms with Gasteiger partial charge in [-0.2, -0.15) is 5.10 Å². The Morgan fingerprint density at radius 1 is 1.00 bits per heavy atom. The molecule has 3 amide bonds. The summed E-state index contributed by atoms with van der Waals surface area (Å²) in [6, 6.07) is 17.7. The quantitative estimate of drug-likeness (QED) is 0.357. The second kappa shape index (κ2) is 12.9. The number of nitrogens with zero attached hydrogens (tertiary/aromatic N) is 4. The zero-order valence-electron chi connectivity index (χ0n) is 26.6. The molecule has 0 radical (unpaired) electrons. The largest absolute Gasteiger partial charge is 0.497 e. The lowest BCUT2D eigenvalue weighted by molar-refractivity contribution is -0.135. The van der Waals surface area contributed by atoms with Gasteiger partial charge in [0.25, 0.3) is 11.8 Å². The highest BCUT2D eigenvalue weighted by Crippen LogP contribution is 2.49. The number of imide groups is 1. The Morgan fingerprint density at radius 2 is 1.76 bits per heavy atom. The number of likely N-dealkylation sites (tertiary alicyclic amines) is 1. The van der Waals surface area contributed by atoms with Gasteiger partial charge in [-0.3, -0.25) is 24.4 Å². The fourth-order valence-corrected chi connectivity index (χ4v) is 7.92. The number of aromatic nitrogens is 2. The number of nitrogens with one attached hydrogen (secondary N) is 2. The summed E-state index contributed by atoms with van der Waals surface area (Å²) >= 11 is 0. The zero-order chi connectivity index (χ0) is 31.7. The van der Waals surface area contributed by atoms with Crippen molar-refractivity contribution in [3.05, 3.63) is 66.4 Å². The molecule has 46 heavy (non-hydrogen) atoms. The Bertz CT molecular complexity index is 1560. The number of hydrogen-bond acceptors (Lipinski definition) is 7. The second-order valence-corrected chi connectivity index (χ2v) is 13.7. The Labute approximate surface area is 270 Å². The van der Waals surface area contributed by atoms with Crippen molar-refractivity contribution < 1.29 is 19.1 Å². The maximum atomic E-state index is 12.7. The van der Waals surface area contributed by atoms with Gasteiger partial charge in [-0.25, -0.2) is 0 Å². The first kappa shape index (κ1) is 30.5. The Kier molecular flexibility index (Phi) is 8.55. The van der Waals surface area contributed by atoms with Crippen molar-refractivity contribution in [2.24, 2.45) is 11.3 Å². The van der Waals surface area contributed by atoms with Crippen molar-refractivity contribution >= 4 is 23.4 Å². The van der Waals surface area contributed by atoms with Crippen LogP contribution in [0.15, 0.2) is 60.8 Å². The van der Waals surface area contributed by atoms with Crippen molar-refractivity contribution in [3.8, 4) is 17.0 Å². The highest BCUT2D eigenvalue weighted by atomic mass is 16.5. The normalized spacial score (nSPS) is 22.4. The SMILES string of the molecule is COc1cccc(C(=O)NC2CC3(CCN(CC4CCN(c5ccc(-c6ccn(C7CCC(=O)NC7=O)n6)cc5)CC4)CC3)C2)c1. The number of ether oxygens (including phenoxy) is 1. The van der Waals surface area contributed by atoms with Gasteiger partial charge in [0.05, 0.1) is 12.8 Å². The van der Waals surface area contributed by atoms with Crippen LogP contribution in [0.3, 0.4) is 0 Å². The second-order valence-electron chi connectivity index (χ2n) is 13.7. The van der Waals surface area contributed by atoms with Crippen LogP contribution < -0.4 is 20.3 Å². The molecule has 1 saturated carbocycles. The molecular formula is C36H44N6O4. The number of amides is 3. The van der Waals surface area contributed by atoms with Crippen molar-refractivity contribution in [3.63, 3.8) is 0 Å². The number of piperidine rings is 3. The number of anilines is 1. The molecule has 3 aromatic rings. The summed E-state index contributed by atoms with van der Waals surface area (Å²) in [7, 11) is 1.62. The average Bonchev–Trinajstić information content (AvgIpc) is 3.55. The van der Waals surface area contributed by atoms with E-state index < -0.39 is 6.04 Å². The highest BCUT2D eigenvalue weighted by Gasteiger charge is 2.46. The summed E-state index contributed by atoms with van der Waals surface area (Å²) in [5.74, 6) is 0.940. The number of rotatable bonds is 8. The van der Waals surface area contributed by atoms with Crippen LogP contribution in [0.2, 0.25) is 0 Å². The summed E-state index contributed by atoms with van der Waals surface area (Å²) < 4.78 is 6.94. The molecule has 1 unspecified atom stereocenters. The van der Waals surface area contributed by atoms with E-state index in [1.54, 1.807) is 17.9 Å². The third-order valence-electron chi connectivity index (χ3n) is 10.7. The summed E-state index contributed by atoms with van der Waals surface area (Å²) in [4.78, 5) is 41.6. The molecule has 1 aliphatic carbocycles. The Hall–Kier alpha value is -4.18. The monoisotopic (exact) mass is 624 g/mol. The lowest BCUT2D eigenvalue weighted by Crippen LogP contribution is -2.55. The molecule has 4 aliphatic rings. The van der Waals surface area contributed by atoms with Gasteiger partial charge >= 0.3 is 0 Å². The van der Waals surface area contributed by atoms with E-state index in [0.717, 1.165) is 56.2 Å². The number of carbonyl (C=O) groups is 3. The highest BCUT2D eigenvalue weighted by molar-refractivity contribution is 5.99. The van der Waals surface area contributed by atoms with Gasteiger partial charge < -0.3 is 19.9 Å². The molecule has 0 bridgehead atoms. The van der Waals surface area contributed by atoms with Crippen molar-refractivity contribution in [2.75, 3.05) is 44.7 Å². The molecule has 3 saturated heterocycles. The van der Waals surface area contributed by atoms with Gasteiger partial charge in [-0.05, 0) is 106 Å². The summed E-state index contributed by atoms with van der Waals surface area (Å²) in [6.07, 6.45) is 9.70. The molecule has 242 valence electrons. The first-order valence-electron chi connectivity index (χ1n) is 16.8. The molecule has 10 nitrogen and oxygen atoms in total. The maximum Gasteiger partial charge on any atom is 0.251 e. The standard InChI is InChI=1S/C36H44N6O4/c1-46-30-4-2-3-27(21-30)34(44)37-28-22-36(23-28)14-19-40(20-15-36)24-25-11-16-41(17-12-25)29-7-5-26(6-8-29)31-13-18-42(39-31)32-9-10-33(43)38-35(32)45/h2-8,13,18,21,25,28,32H,9-12,14-17,19-20,22-24H2,1H3,(H,37,44)(H,38,43,45). The summed E-state index contributed by atoms with van der Waals surface area (Å²) in [5.41, 5.74) is 4.15. The van der Waals surface area contributed by atoms with Gasteiger partial charge in [0.15, 0.2) is 0 Å². The molecule has 1 spiro atoms. The maximum absolute atomic E-state index is 12.7. The van der Waals surface area contributed by atoms with E-state index >= 15 is 0 Å². The molecule has 7 rings (SSSR count). The van der Waals surface area contributed by atoms with Gasteiger partial charge in [-0.1, -0.05) is 18.2 Å². The topological polar surface area (TPSA) is 109 Å². The summed E-state index contributed by atoms with van der Waals surface area (Å²) in [5, 5.41) is 10.3. The van der Waals surface area contributed by atoms with E-state index in [9.17, 15) is 14.4 Å². The van der Waals surface area contributed by atoms with E-state index in [4.69, 9.17) is 4.74 Å². The van der Waals surface area contributed by atoms with Gasteiger partial charge in [0.2, 0.25) is 5.91 Å². The van der Waals surface area contributed by atoms with E-state index in [0.29, 0.717) is 29.6 Å². The lowest BCUT2D eigenvalue weighted by Gasteiger charge is -2.52. The van der Waals surface area contributed by atoms with Crippen LogP contribution in [0.4, 0.5) is 5.69 Å². The smallest absolute Gasteiger partial charge is 0.251 e. The fourth-order valence-electron chi connectivity index (χ4n) is 7.92.